The highest BCUT2D eigenvalue weighted by Crippen LogP contribution is 2.23. The van der Waals surface area contributed by atoms with E-state index in [1.165, 1.54) is 0 Å². The highest BCUT2D eigenvalue weighted by atomic mass is 19.1. The molecule has 3 nitrogen and oxygen atoms in total. The van der Waals surface area contributed by atoms with Crippen LogP contribution >= 0.6 is 0 Å². The first-order valence-corrected chi connectivity index (χ1v) is 3.98. The molecule has 0 atom stereocenters. The average Bonchev–Trinajstić information content (AvgIpc) is 2.14. The molecule has 1 N–H and O–H groups in total. The van der Waals surface area contributed by atoms with E-state index in [0.717, 1.165) is 31.4 Å². The van der Waals surface area contributed by atoms with Crippen LogP contribution in [0.1, 0.15) is 5.56 Å². The monoisotopic (exact) mass is 214 g/mol. The van der Waals surface area contributed by atoms with E-state index in [1.807, 2.05) is 0 Å². The van der Waals surface area contributed by atoms with Crippen LogP contribution in [-0.4, -0.2) is 18.2 Å². The van der Waals surface area contributed by atoms with Crippen LogP contribution in [0.15, 0.2) is 18.2 Å². The molecule has 80 valence electrons. The van der Waals surface area contributed by atoms with Crippen LogP contribution in [0.25, 0.3) is 6.08 Å². The summed E-state index contributed by atoms with van der Waals surface area (Å²) in [4.78, 5) is 10.2. The molecule has 0 bridgehead atoms. The van der Waals surface area contributed by atoms with Crippen LogP contribution in [-0.2, 0) is 4.79 Å². The minimum Gasteiger partial charge on any atom is -0.491 e. The fourth-order valence-corrected chi connectivity index (χ4v) is 1.04. The number of rotatable bonds is 3. The molecule has 0 spiro atoms. The van der Waals surface area contributed by atoms with Gasteiger partial charge in [-0.25, -0.2) is 13.6 Å². The molecule has 0 heterocycles. The van der Waals surface area contributed by atoms with Crippen molar-refractivity contribution in [3.8, 4) is 5.75 Å². The largest absolute Gasteiger partial charge is 0.491 e. The van der Waals surface area contributed by atoms with Gasteiger partial charge in [-0.2, -0.15) is 0 Å². The molecule has 1 aromatic carbocycles. The number of carbonyl (C=O) groups is 1. The maximum atomic E-state index is 13.1. The van der Waals surface area contributed by atoms with Gasteiger partial charge in [-0.3, -0.25) is 0 Å². The van der Waals surface area contributed by atoms with E-state index in [0.29, 0.717) is 0 Å². The summed E-state index contributed by atoms with van der Waals surface area (Å²) in [6, 6.07) is 1.97. The Labute approximate surface area is 84.6 Å². The third-order valence-corrected chi connectivity index (χ3v) is 1.64. The van der Waals surface area contributed by atoms with E-state index in [-0.39, 0.29) is 5.56 Å². The molecule has 0 saturated carbocycles. The number of aliphatic carboxylic acids is 1. The standard InChI is InChI=1S/C10H8F2O3/c1-15-10-7(11)4-6(5-8(10)12)2-3-9(13)14/h2-5H,1H3,(H,13,14). The quantitative estimate of drug-likeness (QED) is 0.783. The summed E-state index contributed by atoms with van der Waals surface area (Å²) in [6.45, 7) is 0. The lowest BCUT2D eigenvalue weighted by Crippen LogP contribution is -1.94. The number of carboxylic acid groups (broad SMARTS) is 1. The third kappa shape index (κ3) is 2.77. The number of carboxylic acids is 1. The number of hydrogen-bond acceptors (Lipinski definition) is 2. The summed E-state index contributed by atoms with van der Waals surface area (Å²) in [5, 5.41) is 8.32. The SMILES string of the molecule is COc1c(F)cc(C=CC(=O)O)cc1F. The highest BCUT2D eigenvalue weighted by Gasteiger charge is 2.10. The molecule has 15 heavy (non-hydrogen) atoms. The Morgan fingerprint density at radius 1 is 1.40 bits per heavy atom. The van der Waals surface area contributed by atoms with Crippen molar-refractivity contribution in [1.29, 1.82) is 0 Å². The Morgan fingerprint density at radius 3 is 2.33 bits per heavy atom. The zero-order valence-corrected chi connectivity index (χ0v) is 7.83. The first kappa shape index (κ1) is 11.2. The molecule has 0 fully saturated rings. The predicted molar refractivity (Wildman–Crippen MR) is 49.6 cm³/mol. The lowest BCUT2D eigenvalue weighted by atomic mass is 10.2. The maximum Gasteiger partial charge on any atom is 0.328 e. The van der Waals surface area contributed by atoms with Crippen molar-refractivity contribution in [2.75, 3.05) is 7.11 Å². The van der Waals surface area contributed by atoms with E-state index in [4.69, 9.17) is 5.11 Å². The predicted octanol–water partition coefficient (Wildman–Crippen LogP) is 2.07. The van der Waals surface area contributed by atoms with Crippen molar-refractivity contribution in [2.45, 2.75) is 0 Å². The average molecular weight is 214 g/mol. The fourth-order valence-electron chi connectivity index (χ4n) is 1.04. The van der Waals surface area contributed by atoms with Gasteiger partial charge in [0.05, 0.1) is 7.11 Å². The van der Waals surface area contributed by atoms with Crippen molar-refractivity contribution in [3.63, 3.8) is 0 Å². The van der Waals surface area contributed by atoms with Crippen molar-refractivity contribution in [3.05, 3.63) is 35.4 Å². The molecule has 0 aliphatic rings. The topological polar surface area (TPSA) is 46.5 Å². The minimum absolute atomic E-state index is 0.119. The van der Waals surface area contributed by atoms with Crippen LogP contribution in [0.5, 0.6) is 5.75 Å². The minimum atomic E-state index is -1.19. The number of methoxy groups -OCH3 is 1. The molecule has 0 amide bonds. The molecule has 0 aliphatic carbocycles. The summed E-state index contributed by atoms with van der Waals surface area (Å²) < 4.78 is 30.6. The lowest BCUT2D eigenvalue weighted by molar-refractivity contribution is -0.131. The van der Waals surface area contributed by atoms with Gasteiger partial charge in [-0.05, 0) is 23.8 Å². The van der Waals surface area contributed by atoms with Gasteiger partial charge in [-0.15, -0.1) is 0 Å². The van der Waals surface area contributed by atoms with Gasteiger partial charge in [0.2, 0.25) is 0 Å². The van der Waals surface area contributed by atoms with Crippen molar-refractivity contribution >= 4 is 12.0 Å². The fraction of sp³-hybridized carbons (Fsp3) is 0.100. The number of benzene rings is 1. The molecule has 1 rings (SSSR count). The summed E-state index contributed by atoms with van der Waals surface area (Å²) in [7, 11) is 1.15. The number of hydrogen-bond donors (Lipinski definition) is 1. The smallest absolute Gasteiger partial charge is 0.328 e. The van der Waals surface area contributed by atoms with Gasteiger partial charge in [0, 0.05) is 6.08 Å². The van der Waals surface area contributed by atoms with Crippen molar-refractivity contribution < 1.29 is 23.4 Å². The molecule has 0 aliphatic heterocycles. The zero-order valence-electron chi connectivity index (χ0n) is 7.83. The maximum absolute atomic E-state index is 13.1. The second-order valence-corrected chi connectivity index (χ2v) is 2.69. The van der Waals surface area contributed by atoms with E-state index in [1.54, 1.807) is 0 Å². The second kappa shape index (κ2) is 4.54. The Bertz CT molecular complexity index is 390. The Kier molecular flexibility index (Phi) is 3.38. The normalized spacial score (nSPS) is 10.6. The first-order valence-electron chi connectivity index (χ1n) is 3.98. The van der Waals surface area contributed by atoms with Crippen molar-refractivity contribution in [1.82, 2.24) is 0 Å². The third-order valence-electron chi connectivity index (χ3n) is 1.64. The molecule has 0 saturated heterocycles. The molecule has 0 unspecified atom stereocenters. The molecule has 0 radical (unpaired) electrons. The van der Waals surface area contributed by atoms with Gasteiger partial charge in [-0.1, -0.05) is 0 Å². The van der Waals surface area contributed by atoms with Gasteiger partial charge in [0.1, 0.15) is 0 Å². The van der Waals surface area contributed by atoms with Crippen LogP contribution in [0, 0.1) is 11.6 Å². The molecule has 0 aromatic heterocycles. The Morgan fingerprint density at radius 2 is 1.93 bits per heavy atom. The number of halogens is 2. The van der Waals surface area contributed by atoms with E-state index in [9.17, 15) is 13.6 Å². The molecular weight excluding hydrogens is 206 g/mol. The van der Waals surface area contributed by atoms with Gasteiger partial charge in [0.15, 0.2) is 17.4 Å². The molecule has 1 aromatic rings. The number of ether oxygens (including phenoxy) is 1. The van der Waals surface area contributed by atoms with Crippen LogP contribution < -0.4 is 4.74 Å². The summed E-state index contributed by atoms with van der Waals surface area (Å²) in [5.74, 6) is -3.42. The van der Waals surface area contributed by atoms with E-state index < -0.39 is 23.4 Å². The van der Waals surface area contributed by atoms with Gasteiger partial charge >= 0.3 is 5.97 Å². The summed E-state index contributed by atoms with van der Waals surface area (Å²) >= 11 is 0. The van der Waals surface area contributed by atoms with Crippen LogP contribution in [0.3, 0.4) is 0 Å². The van der Waals surface area contributed by atoms with Gasteiger partial charge < -0.3 is 9.84 Å². The van der Waals surface area contributed by atoms with E-state index in [2.05, 4.69) is 4.74 Å². The Hall–Kier alpha value is -1.91. The zero-order chi connectivity index (χ0) is 11.4. The van der Waals surface area contributed by atoms with E-state index >= 15 is 0 Å². The first-order chi connectivity index (χ1) is 7.04. The second-order valence-electron chi connectivity index (χ2n) is 2.69. The van der Waals surface area contributed by atoms with Crippen molar-refractivity contribution in [2.24, 2.45) is 0 Å². The van der Waals surface area contributed by atoms with Gasteiger partial charge in [0.25, 0.3) is 0 Å². The van der Waals surface area contributed by atoms with Crippen LogP contribution in [0.2, 0.25) is 0 Å². The Balaban J connectivity index is 3.09. The van der Waals surface area contributed by atoms with Crippen LogP contribution in [0.4, 0.5) is 8.78 Å². The summed E-state index contributed by atoms with van der Waals surface area (Å²) in [5.41, 5.74) is 0.119. The lowest BCUT2D eigenvalue weighted by Gasteiger charge is -2.03. The molecular formula is C10H8F2O3. The molecule has 5 heteroatoms. The highest BCUT2D eigenvalue weighted by molar-refractivity contribution is 5.85. The summed E-state index contributed by atoms with van der Waals surface area (Å²) in [6.07, 6.45) is 1.88.